The molecule has 122 valence electrons. The number of hydrogen-bond acceptors (Lipinski definition) is 5. The second kappa shape index (κ2) is 6.24. The summed E-state index contributed by atoms with van der Waals surface area (Å²) in [6.45, 7) is 5.39. The highest BCUT2D eigenvalue weighted by Crippen LogP contribution is 2.21. The van der Waals surface area contributed by atoms with Gasteiger partial charge in [-0.1, -0.05) is 32.9 Å². The van der Waals surface area contributed by atoms with E-state index < -0.39 is 23.3 Å². The highest BCUT2D eigenvalue weighted by molar-refractivity contribution is 5.95. The van der Waals surface area contributed by atoms with Crippen LogP contribution < -0.4 is 10.7 Å². The zero-order valence-corrected chi connectivity index (χ0v) is 13.5. The molecule has 6 heteroatoms. The first-order valence-corrected chi connectivity index (χ1v) is 7.15. The van der Waals surface area contributed by atoms with Crippen molar-refractivity contribution in [1.29, 1.82) is 0 Å². The molecule has 2 aromatic rings. The van der Waals surface area contributed by atoms with Gasteiger partial charge in [0.05, 0.1) is 12.5 Å². The first-order valence-electron chi connectivity index (χ1n) is 7.15. The lowest BCUT2D eigenvalue weighted by Gasteiger charge is -2.28. The average Bonchev–Trinajstić information content (AvgIpc) is 2.50. The first-order chi connectivity index (χ1) is 10.7. The molecule has 0 saturated heterocycles. The van der Waals surface area contributed by atoms with Gasteiger partial charge in [-0.05, 0) is 17.5 Å². The number of nitrogens with one attached hydrogen (secondary N) is 1. The quantitative estimate of drug-likeness (QED) is 0.876. The van der Waals surface area contributed by atoms with Crippen LogP contribution in [0.1, 0.15) is 31.3 Å². The lowest BCUT2D eigenvalue weighted by Crippen LogP contribution is -2.49. The summed E-state index contributed by atoms with van der Waals surface area (Å²) in [5.74, 6) is -1.35. The number of rotatable bonds is 3. The van der Waals surface area contributed by atoms with Gasteiger partial charge in [0, 0.05) is 6.07 Å². The molecule has 2 rings (SSSR count). The summed E-state index contributed by atoms with van der Waals surface area (Å²) in [4.78, 5) is 36.3. The highest BCUT2D eigenvalue weighted by Gasteiger charge is 2.34. The lowest BCUT2D eigenvalue weighted by atomic mass is 9.86. The van der Waals surface area contributed by atoms with Gasteiger partial charge in [-0.3, -0.25) is 9.59 Å². The van der Waals surface area contributed by atoms with Crippen molar-refractivity contribution in [3.63, 3.8) is 0 Å². The fraction of sp³-hybridized carbons (Fsp3) is 0.353. The summed E-state index contributed by atoms with van der Waals surface area (Å²) in [7, 11) is 1.25. The molecule has 23 heavy (non-hydrogen) atoms. The van der Waals surface area contributed by atoms with Gasteiger partial charge in [-0.2, -0.15) is 0 Å². The molecule has 0 spiro atoms. The second-order valence-electron chi connectivity index (χ2n) is 6.27. The third kappa shape index (κ3) is 3.59. The molecule has 0 bridgehead atoms. The molecule has 0 unspecified atom stereocenters. The molecule has 0 aliphatic heterocycles. The molecule has 0 saturated carbocycles. The van der Waals surface area contributed by atoms with Crippen LogP contribution in [0.15, 0.2) is 39.5 Å². The van der Waals surface area contributed by atoms with Crippen LogP contribution >= 0.6 is 0 Å². The Labute approximate surface area is 133 Å². The third-order valence-electron chi connectivity index (χ3n) is 3.44. The molecule has 0 fully saturated rings. The maximum Gasteiger partial charge on any atom is 0.328 e. The summed E-state index contributed by atoms with van der Waals surface area (Å²) in [6, 6.07) is 6.90. The molecule has 6 nitrogen and oxygen atoms in total. The number of esters is 1. The standard InChI is InChI=1S/C17H19NO5/c1-17(2,3)14(16(21)22-4)18-15(20)13-9-11(19)10-7-5-6-8-12(10)23-13/h5-9,14H,1-4H3,(H,18,20)/t14-/m1/s1. The second-order valence-corrected chi connectivity index (χ2v) is 6.27. The summed E-state index contributed by atoms with van der Waals surface area (Å²) < 4.78 is 10.2. The number of benzene rings is 1. The van der Waals surface area contributed by atoms with Crippen LogP contribution in [-0.4, -0.2) is 25.0 Å². The monoisotopic (exact) mass is 317 g/mol. The Kier molecular flexibility index (Phi) is 4.54. The highest BCUT2D eigenvalue weighted by atomic mass is 16.5. The van der Waals surface area contributed by atoms with E-state index in [9.17, 15) is 14.4 Å². The van der Waals surface area contributed by atoms with Gasteiger partial charge < -0.3 is 14.5 Å². The van der Waals surface area contributed by atoms with Gasteiger partial charge in [0.25, 0.3) is 5.91 Å². The molecule has 0 aliphatic rings. The summed E-state index contributed by atoms with van der Waals surface area (Å²) >= 11 is 0. The molecule has 1 atom stereocenters. The van der Waals surface area contributed by atoms with Crippen molar-refractivity contribution in [1.82, 2.24) is 5.32 Å². The molecule has 1 aromatic carbocycles. The van der Waals surface area contributed by atoms with Gasteiger partial charge in [0.1, 0.15) is 11.6 Å². The molecule has 1 N–H and O–H groups in total. The minimum Gasteiger partial charge on any atom is -0.467 e. The van der Waals surface area contributed by atoms with Gasteiger partial charge in [-0.25, -0.2) is 4.79 Å². The number of methoxy groups -OCH3 is 1. The lowest BCUT2D eigenvalue weighted by molar-refractivity contribution is -0.145. The Hall–Kier alpha value is -2.63. The third-order valence-corrected chi connectivity index (χ3v) is 3.44. The van der Waals surface area contributed by atoms with E-state index in [0.717, 1.165) is 6.07 Å². The molecular formula is C17H19NO5. The Bertz CT molecular complexity index is 800. The van der Waals surface area contributed by atoms with Gasteiger partial charge in [-0.15, -0.1) is 0 Å². The van der Waals surface area contributed by atoms with E-state index >= 15 is 0 Å². The van der Waals surface area contributed by atoms with Crippen LogP contribution in [0.5, 0.6) is 0 Å². The summed E-state index contributed by atoms with van der Waals surface area (Å²) in [6.07, 6.45) is 0. The number of ether oxygens (including phenoxy) is 1. The van der Waals surface area contributed by atoms with Gasteiger partial charge >= 0.3 is 5.97 Å². The van der Waals surface area contributed by atoms with E-state index in [4.69, 9.17) is 9.15 Å². The molecule has 1 heterocycles. The molecule has 0 aliphatic carbocycles. The van der Waals surface area contributed by atoms with E-state index in [0.29, 0.717) is 11.0 Å². The van der Waals surface area contributed by atoms with Crippen molar-refractivity contribution in [2.75, 3.05) is 7.11 Å². The largest absolute Gasteiger partial charge is 0.467 e. The van der Waals surface area contributed by atoms with Crippen LogP contribution in [0.2, 0.25) is 0 Å². The van der Waals surface area contributed by atoms with Crippen LogP contribution in [0.25, 0.3) is 11.0 Å². The van der Waals surface area contributed by atoms with Crippen molar-refractivity contribution in [2.45, 2.75) is 26.8 Å². The normalized spacial score (nSPS) is 12.7. The predicted octanol–water partition coefficient (Wildman–Crippen LogP) is 2.11. The van der Waals surface area contributed by atoms with Gasteiger partial charge in [0.2, 0.25) is 0 Å². The van der Waals surface area contributed by atoms with Crippen molar-refractivity contribution >= 4 is 22.8 Å². The van der Waals surface area contributed by atoms with Crippen molar-refractivity contribution < 1.29 is 18.7 Å². The maximum absolute atomic E-state index is 12.4. The number of carbonyl (C=O) groups excluding carboxylic acids is 2. The zero-order valence-electron chi connectivity index (χ0n) is 13.5. The number of hydrogen-bond donors (Lipinski definition) is 1. The topological polar surface area (TPSA) is 85.6 Å². The summed E-state index contributed by atoms with van der Waals surface area (Å²) in [5.41, 5.74) is -0.558. The van der Waals surface area contributed by atoms with Crippen molar-refractivity contribution in [3.8, 4) is 0 Å². The Balaban J connectivity index is 2.36. The SMILES string of the molecule is COC(=O)[C@@H](NC(=O)c1cc(=O)c2ccccc2o1)C(C)(C)C. The number of amides is 1. The Morgan fingerprint density at radius 2 is 1.87 bits per heavy atom. The van der Waals surface area contributed by atoms with Gasteiger partial charge in [0.15, 0.2) is 11.2 Å². The molecule has 1 aromatic heterocycles. The molecule has 0 radical (unpaired) electrons. The van der Waals surface area contributed by atoms with Crippen LogP contribution in [0, 0.1) is 5.41 Å². The van der Waals surface area contributed by atoms with E-state index in [1.807, 2.05) is 0 Å². The Morgan fingerprint density at radius 3 is 2.48 bits per heavy atom. The maximum atomic E-state index is 12.4. The minimum atomic E-state index is -0.864. The van der Waals surface area contributed by atoms with E-state index in [1.165, 1.54) is 7.11 Å². The average molecular weight is 317 g/mol. The smallest absolute Gasteiger partial charge is 0.328 e. The number of fused-ring (bicyclic) bond motifs is 1. The van der Waals surface area contributed by atoms with Crippen molar-refractivity contribution in [3.05, 3.63) is 46.3 Å². The zero-order chi connectivity index (χ0) is 17.2. The van der Waals surface area contributed by atoms with E-state index in [2.05, 4.69) is 5.32 Å². The fourth-order valence-corrected chi connectivity index (χ4v) is 2.16. The Morgan fingerprint density at radius 1 is 1.22 bits per heavy atom. The van der Waals surface area contributed by atoms with Crippen LogP contribution in [-0.2, 0) is 9.53 Å². The van der Waals surface area contributed by atoms with Crippen molar-refractivity contribution in [2.24, 2.45) is 5.41 Å². The van der Waals surface area contributed by atoms with E-state index in [-0.39, 0.29) is 11.2 Å². The fourth-order valence-electron chi connectivity index (χ4n) is 2.16. The number of para-hydroxylation sites is 1. The molecular weight excluding hydrogens is 298 g/mol. The van der Waals surface area contributed by atoms with Crippen LogP contribution in [0.4, 0.5) is 0 Å². The number of carbonyl (C=O) groups is 2. The first kappa shape index (κ1) is 16.7. The molecule has 1 amide bonds. The van der Waals surface area contributed by atoms with Crippen LogP contribution in [0.3, 0.4) is 0 Å². The predicted molar refractivity (Wildman–Crippen MR) is 85.2 cm³/mol. The summed E-state index contributed by atoms with van der Waals surface area (Å²) in [5, 5.41) is 2.96. The van der Waals surface area contributed by atoms with E-state index in [1.54, 1.807) is 45.0 Å². The minimum absolute atomic E-state index is 0.146.